The summed E-state index contributed by atoms with van der Waals surface area (Å²) in [6, 6.07) is 0. The molecule has 0 amide bonds. The van der Waals surface area contributed by atoms with E-state index in [-0.39, 0.29) is 35.6 Å². The van der Waals surface area contributed by atoms with Crippen LogP contribution in [0.2, 0.25) is 0 Å². The van der Waals surface area contributed by atoms with Gasteiger partial charge in [-0.25, -0.2) is 0 Å². The average molecular weight is 236 g/mol. The van der Waals surface area contributed by atoms with Crippen molar-refractivity contribution in [2.24, 2.45) is 29.6 Å². The molecule has 2 aliphatic carbocycles. The Balaban J connectivity index is 1.94. The fourth-order valence-electron chi connectivity index (χ4n) is 2.82. The van der Waals surface area contributed by atoms with Gasteiger partial charge in [-0.05, 0) is 17.9 Å². The number of hydrogen-bond donors (Lipinski definition) is 0. The standard InChI is InChI=1S/C14H20O3/c1-7(2)13(8(3)4)17-14(16)12-9-5-6-10(15)11(9)12/h5-9,11-13H,1-4H3/t9-,11-,12+/m1/s1. The Bertz CT molecular complexity index is 360. The Labute approximate surface area is 102 Å². The second-order valence-electron chi connectivity index (χ2n) is 5.78. The number of ketones is 1. The van der Waals surface area contributed by atoms with E-state index in [1.807, 2.05) is 6.08 Å². The fraction of sp³-hybridized carbons (Fsp3) is 0.714. The van der Waals surface area contributed by atoms with E-state index in [9.17, 15) is 9.59 Å². The maximum atomic E-state index is 12.0. The Morgan fingerprint density at radius 2 is 1.82 bits per heavy atom. The van der Waals surface area contributed by atoms with Crippen molar-refractivity contribution in [1.82, 2.24) is 0 Å². The highest BCUT2D eigenvalue weighted by molar-refractivity contribution is 6.02. The number of ether oxygens (including phenoxy) is 1. The number of fused-ring (bicyclic) bond motifs is 1. The minimum atomic E-state index is -0.201. The van der Waals surface area contributed by atoms with Crippen LogP contribution in [0.25, 0.3) is 0 Å². The predicted octanol–water partition coefficient (Wildman–Crippen LogP) is 2.21. The van der Waals surface area contributed by atoms with Crippen LogP contribution < -0.4 is 0 Å². The molecule has 0 saturated heterocycles. The van der Waals surface area contributed by atoms with Crippen molar-refractivity contribution in [3.05, 3.63) is 12.2 Å². The molecule has 0 aliphatic heterocycles. The van der Waals surface area contributed by atoms with E-state index < -0.39 is 0 Å². The van der Waals surface area contributed by atoms with Crippen molar-refractivity contribution in [3.63, 3.8) is 0 Å². The van der Waals surface area contributed by atoms with Crippen LogP contribution in [0.1, 0.15) is 27.7 Å². The summed E-state index contributed by atoms with van der Waals surface area (Å²) in [6.07, 6.45) is 3.38. The lowest BCUT2D eigenvalue weighted by molar-refractivity contribution is -0.156. The molecular weight excluding hydrogens is 216 g/mol. The summed E-state index contributed by atoms with van der Waals surface area (Å²) in [5.74, 6) is 0.324. The highest BCUT2D eigenvalue weighted by atomic mass is 16.5. The summed E-state index contributed by atoms with van der Waals surface area (Å²) in [5, 5.41) is 0. The second-order valence-corrected chi connectivity index (χ2v) is 5.78. The molecule has 0 N–H and O–H groups in total. The summed E-state index contributed by atoms with van der Waals surface area (Å²) in [5.41, 5.74) is 0. The van der Waals surface area contributed by atoms with Gasteiger partial charge in [0.1, 0.15) is 6.10 Å². The topological polar surface area (TPSA) is 43.4 Å². The lowest BCUT2D eigenvalue weighted by Crippen LogP contribution is -2.30. The van der Waals surface area contributed by atoms with Crippen molar-refractivity contribution < 1.29 is 14.3 Å². The molecule has 3 atom stereocenters. The van der Waals surface area contributed by atoms with E-state index in [4.69, 9.17) is 4.74 Å². The first kappa shape index (κ1) is 12.3. The van der Waals surface area contributed by atoms with Gasteiger partial charge >= 0.3 is 5.97 Å². The summed E-state index contributed by atoms with van der Waals surface area (Å²) >= 11 is 0. The number of hydrogen-bond acceptors (Lipinski definition) is 3. The molecule has 0 aromatic carbocycles. The number of rotatable bonds is 4. The van der Waals surface area contributed by atoms with Gasteiger partial charge in [0.2, 0.25) is 0 Å². The molecule has 2 aliphatic rings. The molecule has 0 unspecified atom stereocenters. The first-order chi connectivity index (χ1) is 7.93. The van der Waals surface area contributed by atoms with Crippen LogP contribution in [0.3, 0.4) is 0 Å². The molecule has 0 radical (unpaired) electrons. The number of carbonyl (C=O) groups excluding carboxylic acids is 2. The van der Waals surface area contributed by atoms with Gasteiger partial charge in [0, 0.05) is 11.8 Å². The molecule has 0 spiro atoms. The lowest BCUT2D eigenvalue weighted by atomic mass is 9.96. The lowest BCUT2D eigenvalue weighted by Gasteiger charge is -2.25. The van der Waals surface area contributed by atoms with Gasteiger partial charge in [0.15, 0.2) is 5.78 Å². The normalized spacial score (nSPS) is 30.3. The third-order valence-electron chi connectivity index (χ3n) is 3.73. The van der Waals surface area contributed by atoms with Crippen molar-refractivity contribution >= 4 is 11.8 Å². The van der Waals surface area contributed by atoms with Crippen molar-refractivity contribution in [2.45, 2.75) is 33.8 Å². The monoisotopic (exact) mass is 236 g/mol. The van der Waals surface area contributed by atoms with Gasteiger partial charge < -0.3 is 4.74 Å². The van der Waals surface area contributed by atoms with Gasteiger partial charge in [-0.3, -0.25) is 9.59 Å². The Morgan fingerprint density at radius 1 is 1.24 bits per heavy atom. The van der Waals surface area contributed by atoms with Gasteiger partial charge in [-0.1, -0.05) is 33.8 Å². The number of esters is 1. The maximum Gasteiger partial charge on any atom is 0.310 e. The van der Waals surface area contributed by atoms with Crippen LogP contribution in [0.15, 0.2) is 12.2 Å². The van der Waals surface area contributed by atoms with E-state index in [2.05, 4.69) is 27.7 Å². The molecule has 3 nitrogen and oxygen atoms in total. The minimum Gasteiger partial charge on any atom is -0.462 e. The molecule has 0 bridgehead atoms. The summed E-state index contributed by atoms with van der Waals surface area (Å²) in [4.78, 5) is 23.4. The summed E-state index contributed by atoms with van der Waals surface area (Å²) in [7, 11) is 0. The van der Waals surface area contributed by atoms with Crippen LogP contribution in [0.4, 0.5) is 0 Å². The minimum absolute atomic E-state index is 0.0529. The molecule has 0 aromatic rings. The smallest absolute Gasteiger partial charge is 0.310 e. The Hall–Kier alpha value is -1.12. The zero-order valence-electron chi connectivity index (χ0n) is 10.8. The summed E-state index contributed by atoms with van der Waals surface area (Å²) < 4.78 is 5.56. The highest BCUT2D eigenvalue weighted by Crippen LogP contribution is 2.52. The summed E-state index contributed by atoms with van der Waals surface area (Å²) in [6.45, 7) is 8.21. The van der Waals surface area contributed by atoms with E-state index in [0.29, 0.717) is 11.8 Å². The fourth-order valence-corrected chi connectivity index (χ4v) is 2.82. The largest absolute Gasteiger partial charge is 0.462 e. The third kappa shape index (κ3) is 2.15. The number of allylic oxidation sites excluding steroid dienone is 2. The van der Waals surface area contributed by atoms with E-state index in [0.717, 1.165) is 0 Å². The Kier molecular flexibility index (Phi) is 3.11. The molecule has 1 fully saturated rings. The van der Waals surface area contributed by atoms with Crippen LogP contribution in [0.5, 0.6) is 0 Å². The van der Waals surface area contributed by atoms with Crippen molar-refractivity contribution in [3.8, 4) is 0 Å². The van der Waals surface area contributed by atoms with E-state index >= 15 is 0 Å². The van der Waals surface area contributed by atoms with Gasteiger partial charge in [-0.2, -0.15) is 0 Å². The second kappa shape index (κ2) is 4.28. The maximum absolute atomic E-state index is 12.0. The van der Waals surface area contributed by atoms with Crippen molar-refractivity contribution in [2.75, 3.05) is 0 Å². The molecule has 0 heterocycles. The molecular formula is C14H20O3. The quantitative estimate of drug-likeness (QED) is 0.703. The molecule has 94 valence electrons. The zero-order valence-corrected chi connectivity index (χ0v) is 10.8. The van der Waals surface area contributed by atoms with Crippen molar-refractivity contribution in [1.29, 1.82) is 0 Å². The predicted molar refractivity (Wildman–Crippen MR) is 64.2 cm³/mol. The van der Waals surface area contributed by atoms with Crippen LogP contribution in [-0.2, 0) is 14.3 Å². The molecule has 0 aromatic heterocycles. The van der Waals surface area contributed by atoms with Gasteiger partial charge in [0.05, 0.1) is 5.92 Å². The SMILES string of the molecule is CC(C)C(OC(=O)[C@H]1[C@@H]2C=CC(=O)[C@@H]21)C(C)C. The zero-order chi connectivity index (χ0) is 12.7. The number of carbonyl (C=O) groups is 2. The third-order valence-corrected chi connectivity index (χ3v) is 3.73. The first-order valence-electron chi connectivity index (χ1n) is 6.36. The molecule has 3 heteroatoms. The first-order valence-corrected chi connectivity index (χ1v) is 6.36. The van der Waals surface area contributed by atoms with E-state index in [1.54, 1.807) is 6.08 Å². The van der Waals surface area contributed by atoms with Gasteiger partial charge in [-0.15, -0.1) is 0 Å². The Morgan fingerprint density at radius 3 is 2.24 bits per heavy atom. The molecule has 1 saturated carbocycles. The van der Waals surface area contributed by atoms with Crippen LogP contribution in [0, 0.1) is 29.6 Å². The average Bonchev–Trinajstić information content (AvgIpc) is 2.85. The van der Waals surface area contributed by atoms with Crippen LogP contribution >= 0.6 is 0 Å². The molecule has 17 heavy (non-hydrogen) atoms. The van der Waals surface area contributed by atoms with Gasteiger partial charge in [0.25, 0.3) is 0 Å². The van der Waals surface area contributed by atoms with E-state index in [1.165, 1.54) is 0 Å². The van der Waals surface area contributed by atoms with Crippen LogP contribution in [-0.4, -0.2) is 17.9 Å². The molecule has 2 rings (SSSR count). The highest BCUT2D eigenvalue weighted by Gasteiger charge is 2.60.